The molecule has 1 amide bonds. The van der Waals surface area contributed by atoms with Crippen LogP contribution in [0.5, 0.6) is 0 Å². The van der Waals surface area contributed by atoms with Crippen molar-refractivity contribution < 1.29 is 13.2 Å². The van der Waals surface area contributed by atoms with Gasteiger partial charge in [0.2, 0.25) is 10.0 Å². The number of aryl methyl sites for hydroxylation is 1. The van der Waals surface area contributed by atoms with Gasteiger partial charge in [-0.25, -0.2) is 8.42 Å². The Kier molecular flexibility index (Phi) is 4.45. The highest BCUT2D eigenvalue weighted by Crippen LogP contribution is 2.22. The molecule has 1 heterocycles. The van der Waals surface area contributed by atoms with Crippen molar-refractivity contribution in [3.63, 3.8) is 0 Å². The molecule has 0 saturated heterocycles. The Hall–Kier alpha value is -2.87. The largest absolute Gasteiger partial charge is 0.321 e. The number of aromatic amines is 1. The molecule has 0 atom stereocenters. The molecule has 0 aliphatic rings. The summed E-state index contributed by atoms with van der Waals surface area (Å²) in [5.74, 6) is -0.337. The van der Waals surface area contributed by atoms with Crippen molar-refractivity contribution in [1.82, 2.24) is 10.2 Å². The fourth-order valence-corrected chi connectivity index (χ4v) is 3.13. The molecule has 130 valence electrons. The molecule has 0 unspecified atom stereocenters. The molecule has 7 nitrogen and oxygen atoms in total. The van der Waals surface area contributed by atoms with E-state index in [0.29, 0.717) is 22.6 Å². The molecule has 0 radical (unpaired) electrons. The van der Waals surface area contributed by atoms with Crippen LogP contribution in [-0.4, -0.2) is 30.3 Å². The highest BCUT2D eigenvalue weighted by molar-refractivity contribution is 7.92. The second-order valence-corrected chi connectivity index (χ2v) is 7.62. The van der Waals surface area contributed by atoms with Gasteiger partial charge in [-0.05, 0) is 43.7 Å². The first-order valence-electron chi connectivity index (χ1n) is 7.75. The third-order valence-corrected chi connectivity index (χ3v) is 5.11. The zero-order valence-electron chi connectivity index (χ0n) is 13.8. The van der Waals surface area contributed by atoms with E-state index in [1.165, 1.54) is 0 Å². The number of nitrogens with zero attached hydrogens (tertiary/aromatic N) is 1. The molecule has 0 bridgehead atoms. The van der Waals surface area contributed by atoms with Gasteiger partial charge in [0.1, 0.15) is 0 Å². The molecule has 0 aliphatic heterocycles. The van der Waals surface area contributed by atoms with E-state index in [1.807, 2.05) is 24.3 Å². The van der Waals surface area contributed by atoms with E-state index in [0.717, 1.165) is 10.9 Å². The minimum Gasteiger partial charge on any atom is -0.321 e. The Morgan fingerprint density at radius 1 is 1.20 bits per heavy atom. The summed E-state index contributed by atoms with van der Waals surface area (Å²) >= 11 is 0. The van der Waals surface area contributed by atoms with Crippen LogP contribution in [0.1, 0.15) is 23.0 Å². The lowest BCUT2D eigenvalue weighted by Crippen LogP contribution is -2.16. The van der Waals surface area contributed by atoms with Crippen molar-refractivity contribution in [3.8, 4) is 0 Å². The number of benzene rings is 2. The Morgan fingerprint density at radius 3 is 2.68 bits per heavy atom. The van der Waals surface area contributed by atoms with Crippen molar-refractivity contribution in [2.75, 3.05) is 15.8 Å². The van der Waals surface area contributed by atoms with Gasteiger partial charge in [0.25, 0.3) is 5.91 Å². The highest BCUT2D eigenvalue weighted by atomic mass is 32.2. The van der Waals surface area contributed by atoms with Crippen LogP contribution in [0.4, 0.5) is 11.4 Å². The van der Waals surface area contributed by atoms with Gasteiger partial charge in [0.15, 0.2) is 5.69 Å². The summed E-state index contributed by atoms with van der Waals surface area (Å²) in [5, 5.41) is 10.4. The smallest absolute Gasteiger partial charge is 0.276 e. The fraction of sp³-hybridized carbons (Fsp3) is 0.176. The minimum absolute atomic E-state index is 0.00282. The number of carbonyl (C=O) groups excluding carboxylic acids is 1. The molecule has 0 spiro atoms. The van der Waals surface area contributed by atoms with Crippen LogP contribution < -0.4 is 10.0 Å². The van der Waals surface area contributed by atoms with Gasteiger partial charge in [-0.2, -0.15) is 5.10 Å². The van der Waals surface area contributed by atoms with Crippen molar-refractivity contribution in [2.24, 2.45) is 0 Å². The number of aromatic nitrogens is 2. The number of rotatable bonds is 5. The Morgan fingerprint density at radius 2 is 1.96 bits per heavy atom. The number of hydrogen-bond acceptors (Lipinski definition) is 4. The topological polar surface area (TPSA) is 104 Å². The van der Waals surface area contributed by atoms with E-state index in [2.05, 4.69) is 20.2 Å². The molecule has 1 aromatic heterocycles. The van der Waals surface area contributed by atoms with Crippen molar-refractivity contribution in [2.45, 2.75) is 13.8 Å². The molecule has 3 rings (SSSR count). The van der Waals surface area contributed by atoms with E-state index in [4.69, 9.17) is 0 Å². The molecule has 8 heteroatoms. The number of amides is 1. The first kappa shape index (κ1) is 17.0. The lowest BCUT2D eigenvalue weighted by atomic mass is 10.1. The predicted octanol–water partition coefficient (Wildman–Crippen LogP) is 2.89. The number of H-pyrrole nitrogens is 1. The lowest BCUT2D eigenvalue weighted by Gasteiger charge is -2.11. The second kappa shape index (κ2) is 6.56. The van der Waals surface area contributed by atoms with Crippen molar-refractivity contribution in [3.05, 3.63) is 53.7 Å². The highest BCUT2D eigenvalue weighted by Gasteiger charge is 2.15. The van der Waals surface area contributed by atoms with Gasteiger partial charge >= 0.3 is 0 Å². The summed E-state index contributed by atoms with van der Waals surface area (Å²) in [6, 6.07) is 12.4. The van der Waals surface area contributed by atoms with Gasteiger partial charge < -0.3 is 5.32 Å². The summed E-state index contributed by atoms with van der Waals surface area (Å²) in [6.07, 6.45) is 0. The van der Waals surface area contributed by atoms with E-state index < -0.39 is 10.0 Å². The van der Waals surface area contributed by atoms with Gasteiger partial charge in [-0.3, -0.25) is 14.6 Å². The van der Waals surface area contributed by atoms with E-state index in [1.54, 1.807) is 32.0 Å². The van der Waals surface area contributed by atoms with E-state index >= 15 is 0 Å². The fourth-order valence-electron chi connectivity index (χ4n) is 2.42. The Bertz CT molecular complexity index is 1040. The van der Waals surface area contributed by atoms with Crippen LogP contribution >= 0.6 is 0 Å². The molecule has 3 N–H and O–H groups in total. The van der Waals surface area contributed by atoms with Gasteiger partial charge in [-0.1, -0.05) is 18.2 Å². The maximum Gasteiger partial charge on any atom is 0.276 e. The number of hydrogen-bond donors (Lipinski definition) is 3. The SMILES string of the molecule is CCS(=O)(=O)Nc1ccc(NC(=O)c2n[nH]c3ccccc23)cc1C. The van der Waals surface area contributed by atoms with Crippen molar-refractivity contribution >= 4 is 38.2 Å². The number of carbonyl (C=O) groups is 1. The first-order chi connectivity index (χ1) is 11.9. The van der Waals surface area contributed by atoms with Gasteiger partial charge in [0, 0.05) is 11.1 Å². The normalized spacial score (nSPS) is 11.4. The molecule has 3 aromatic rings. The third-order valence-electron chi connectivity index (χ3n) is 3.82. The maximum absolute atomic E-state index is 12.5. The van der Waals surface area contributed by atoms with Crippen LogP contribution in [0.2, 0.25) is 0 Å². The number of para-hydroxylation sites is 1. The van der Waals surface area contributed by atoms with E-state index in [-0.39, 0.29) is 11.7 Å². The Labute approximate surface area is 145 Å². The third kappa shape index (κ3) is 3.63. The first-order valence-corrected chi connectivity index (χ1v) is 9.40. The summed E-state index contributed by atoms with van der Waals surface area (Å²) in [5.41, 5.74) is 2.86. The molecular weight excluding hydrogens is 340 g/mol. The van der Waals surface area contributed by atoms with Crippen LogP contribution in [0, 0.1) is 6.92 Å². The summed E-state index contributed by atoms with van der Waals surface area (Å²) in [6.45, 7) is 3.34. The van der Waals surface area contributed by atoms with Crippen LogP contribution in [0.25, 0.3) is 10.9 Å². The lowest BCUT2D eigenvalue weighted by molar-refractivity contribution is 0.102. The number of fused-ring (bicyclic) bond motifs is 1. The zero-order valence-corrected chi connectivity index (χ0v) is 14.6. The summed E-state index contributed by atoms with van der Waals surface area (Å²) < 4.78 is 25.9. The molecule has 0 aliphatic carbocycles. The average molecular weight is 358 g/mol. The molecular formula is C17H18N4O3S. The van der Waals surface area contributed by atoms with Crippen LogP contribution in [-0.2, 0) is 10.0 Å². The monoisotopic (exact) mass is 358 g/mol. The average Bonchev–Trinajstić information content (AvgIpc) is 3.01. The minimum atomic E-state index is -3.34. The maximum atomic E-state index is 12.5. The quantitative estimate of drug-likeness (QED) is 0.652. The standard InChI is InChI=1S/C17H18N4O3S/c1-3-25(23,24)21-14-9-8-12(10-11(14)2)18-17(22)16-13-6-4-5-7-15(13)19-20-16/h4-10,21H,3H2,1-2H3,(H,18,22)(H,19,20). The zero-order chi connectivity index (χ0) is 18.0. The van der Waals surface area contributed by atoms with Gasteiger partial charge in [-0.15, -0.1) is 0 Å². The molecule has 2 aromatic carbocycles. The van der Waals surface area contributed by atoms with Crippen LogP contribution in [0.15, 0.2) is 42.5 Å². The molecule has 0 saturated carbocycles. The number of sulfonamides is 1. The second-order valence-electron chi connectivity index (χ2n) is 5.61. The summed E-state index contributed by atoms with van der Waals surface area (Å²) in [4.78, 5) is 12.5. The number of anilines is 2. The number of nitrogens with one attached hydrogen (secondary N) is 3. The summed E-state index contributed by atoms with van der Waals surface area (Å²) in [7, 11) is -3.34. The van der Waals surface area contributed by atoms with Gasteiger partial charge in [0.05, 0.1) is 17.0 Å². The van der Waals surface area contributed by atoms with Crippen molar-refractivity contribution in [1.29, 1.82) is 0 Å². The van der Waals surface area contributed by atoms with Crippen LogP contribution in [0.3, 0.4) is 0 Å². The molecule has 0 fully saturated rings. The molecule has 25 heavy (non-hydrogen) atoms. The predicted molar refractivity (Wildman–Crippen MR) is 98.3 cm³/mol. The Balaban J connectivity index is 1.81. The van der Waals surface area contributed by atoms with E-state index in [9.17, 15) is 13.2 Å².